The highest BCUT2D eigenvalue weighted by Gasteiger charge is 2.29. The van der Waals surface area contributed by atoms with Gasteiger partial charge in [0.25, 0.3) is 0 Å². The topological polar surface area (TPSA) is 48.1 Å². The summed E-state index contributed by atoms with van der Waals surface area (Å²) in [6.07, 6.45) is 2.25. The Morgan fingerprint density at radius 3 is 3.06 bits per heavy atom. The zero-order valence-corrected chi connectivity index (χ0v) is 12.4. The van der Waals surface area contributed by atoms with Crippen LogP contribution in [-0.4, -0.2) is 4.98 Å². The van der Waals surface area contributed by atoms with Gasteiger partial charge in [0.15, 0.2) is 6.10 Å². The van der Waals surface area contributed by atoms with Gasteiger partial charge in [-0.05, 0) is 12.1 Å². The van der Waals surface area contributed by atoms with Gasteiger partial charge in [0.2, 0.25) is 0 Å². The van der Waals surface area contributed by atoms with Crippen molar-refractivity contribution in [2.24, 2.45) is 5.73 Å². The molecule has 0 amide bonds. The second-order valence-electron chi connectivity index (χ2n) is 4.13. The Bertz CT molecular complexity index is 589. The Morgan fingerprint density at radius 1 is 1.50 bits per heavy atom. The van der Waals surface area contributed by atoms with E-state index in [1.165, 1.54) is 11.3 Å². The van der Waals surface area contributed by atoms with E-state index in [9.17, 15) is 0 Å². The Balaban J connectivity index is 1.95. The number of benzene rings is 1. The number of nitrogens with two attached hydrogens (primary N) is 1. The molecule has 0 spiro atoms. The summed E-state index contributed by atoms with van der Waals surface area (Å²) >= 11 is 10.8. The number of ether oxygens (including phenoxy) is 1. The van der Waals surface area contributed by atoms with Crippen molar-refractivity contribution >= 4 is 38.9 Å². The summed E-state index contributed by atoms with van der Waals surface area (Å²) in [7, 11) is 0. The summed E-state index contributed by atoms with van der Waals surface area (Å²) in [6.45, 7) is 0. The zero-order chi connectivity index (χ0) is 12.7. The maximum absolute atomic E-state index is 6.18. The molecule has 2 N–H and O–H groups in total. The molecule has 0 bridgehead atoms. The molecular weight excluding hydrogens is 336 g/mol. The van der Waals surface area contributed by atoms with E-state index in [2.05, 4.69) is 20.9 Å². The Morgan fingerprint density at radius 2 is 2.33 bits per heavy atom. The van der Waals surface area contributed by atoms with Gasteiger partial charge in [0.05, 0.1) is 6.20 Å². The lowest BCUT2D eigenvalue weighted by atomic mass is 9.97. The summed E-state index contributed by atoms with van der Waals surface area (Å²) in [5.41, 5.74) is 7.22. The summed E-state index contributed by atoms with van der Waals surface area (Å²) in [6, 6.07) is 5.88. The first kappa shape index (κ1) is 12.4. The van der Waals surface area contributed by atoms with Crippen molar-refractivity contribution in [3.63, 3.8) is 0 Å². The van der Waals surface area contributed by atoms with E-state index < -0.39 is 0 Å². The minimum Gasteiger partial charge on any atom is -0.483 e. The molecule has 2 aromatic rings. The zero-order valence-electron chi connectivity index (χ0n) is 9.27. The molecule has 0 saturated carbocycles. The van der Waals surface area contributed by atoms with Crippen LogP contribution in [0.5, 0.6) is 5.75 Å². The lowest BCUT2D eigenvalue weighted by Crippen LogP contribution is -2.24. The van der Waals surface area contributed by atoms with Crippen LogP contribution in [-0.2, 0) is 0 Å². The fourth-order valence-corrected chi connectivity index (χ4v) is 3.36. The van der Waals surface area contributed by atoms with E-state index in [4.69, 9.17) is 22.1 Å². The summed E-state index contributed by atoms with van der Waals surface area (Å²) in [4.78, 5) is 4.26. The minimum atomic E-state index is -0.112. The van der Waals surface area contributed by atoms with Crippen molar-refractivity contribution in [1.29, 1.82) is 0 Å². The monoisotopic (exact) mass is 344 g/mol. The first-order valence-corrected chi connectivity index (χ1v) is 7.45. The van der Waals surface area contributed by atoms with Crippen molar-refractivity contribution in [1.82, 2.24) is 4.98 Å². The third-order valence-corrected chi connectivity index (χ3v) is 4.58. The molecule has 1 aliphatic heterocycles. The van der Waals surface area contributed by atoms with Gasteiger partial charge in [-0.25, -0.2) is 4.98 Å². The SMILES string of the molecule is N[C@@H]1CC(c2ncc(Cl)s2)Oc2cc(Br)ccc21. The molecule has 18 heavy (non-hydrogen) atoms. The van der Waals surface area contributed by atoms with Gasteiger partial charge in [-0.2, -0.15) is 0 Å². The van der Waals surface area contributed by atoms with E-state index in [1.54, 1.807) is 6.20 Å². The predicted molar refractivity (Wildman–Crippen MR) is 76.2 cm³/mol. The van der Waals surface area contributed by atoms with Gasteiger partial charge < -0.3 is 10.5 Å². The summed E-state index contributed by atoms with van der Waals surface area (Å²) in [5.74, 6) is 0.819. The average molecular weight is 346 g/mol. The first-order chi connectivity index (χ1) is 8.63. The van der Waals surface area contributed by atoms with Crippen LogP contribution >= 0.6 is 38.9 Å². The maximum Gasteiger partial charge on any atom is 0.152 e. The van der Waals surface area contributed by atoms with Crippen LogP contribution in [0.4, 0.5) is 0 Å². The van der Waals surface area contributed by atoms with Crippen LogP contribution in [0.2, 0.25) is 4.34 Å². The maximum atomic E-state index is 6.18. The van der Waals surface area contributed by atoms with Gasteiger partial charge in [-0.15, -0.1) is 11.3 Å². The second-order valence-corrected chi connectivity index (χ2v) is 6.74. The van der Waals surface area contributed by atoms with Crippen molar-refractivity contribution in [2.75, 3.05) is 0 Å². The molecule has 0 saturated heterocycles. The normalized spacial score (nSPS) is 22.4. The Hall–Kier alpha value is -0.620. The highest BCUT2D eigenvalue weighted by Crippen LogP contribution is 2.42. The largest absolute Gasteiger partial charge is 0.483 e. The fourth-order valence-electron chi connectivity index (χ4n) is 2.04. The van der Waals surface area contributed by atoms with Gasteiger partial charge in [0.1, 0.15) is 15.1 Å². The van der Waals surface area contributed by atoms with E-state index in [1.807, 2.05) is 18.2 Å². The van der Waals surface area contributed by atoms with Gasteiger partial charge >= 0.3 is 0 Å². The predicted octanol–water partition coefficient (Wildman–Crippen LogP) is 4.08. The molecule has 1 aromatic carbocycles. The van der Waals surface area contributed by atoms with Gasteiger partial charge in [-0.3, -0.25) is 0 Å². The Labute approximate surface area is 122 Å². The number of aromatic nitrogens is 1. The lowest BCUT2D eigenvalue weighted by molar-refractivity contribution is 0.161. The van der Waals surface area contributed by atoms with Crippen molar-refractivity contribution in [3.05, 3.63) is 43.8 Å². The van der Waals surface area contributed by atoms with Crippen molar-refractivity contribution in [2.45, 2.75) is 18.6 Å². The fraction of sp³-hybridized carbons (Fsp3) is 0.250. The average Bonchev–Trinajstić information content (AvgIpc) is 2.75. The quantitative estimate of drug-likeness (QED) is 0.847. The molecule has 94 valence electrons. The number of hydrogen-bond acceptors (Lipinski definition) is 4. The molecule has 1 aliphatic rings. The molecule has 3 rings (SSSR count). The van der Waals surface area contributed by atoms with Crippen molar-refractivity contribution < 1.29 is 4.74 Å². The highest BCUT2D eigenvalue weighted by molar-refractivity contribution is 9.10. The molecule has 6 heteroatoms. The molecule has 0 radical (unpaired) electrons. The molecular formula is C12H10BrClN2OS. The molecule has 2 atom stereocenters. The first-order valence-electron chi connectivity index (χ1n) is 5.46. The number of fused-ring (bicyclic) bond motifs is 1. The molecule has 1 aromatic heterocycles. The molecule has 2 heterocycles. The van der Waals surface area contributed by atoms with E-state index >= 15 is 0 Å². The number of halogens is 2. The number of nitrogens with zero attached hydrogens (tertiary/aromatic N) is 1. The van der Waals surface area contributed by atoms with Crippen LogP contribution in [0.25, 0.3) is 0 Å². The van der Waals surface area contributed by atoms with Crippen LogP contribution in [0.1, 0.15) is 29.1 Å². The van der Waals surface area contributed by atoms with Crippen LogP contribution in [0, 0.1) is 0 Å². The summed E-state index contributed by atoms with van der Waals surface area (Å²) in [5, 5.41) is 0.876. The van der Waals surface area contributed by atoms with Crippen molar-refractivity contribution in [3.8, 4) is 5.75 Å². The molecule has 1 unspecified atom stereocenters. The van der Waals surface area contributed by atoms with Gasteiger partial charge in [-0.1, -0.05) is 33.6 Å². The van der Waals surface area contributed by atoms with E-state index in [0.717, 1.165) is 27.2 Å². The van der Waals surface area contributed by atoms with Crippen LogP contribution in [0.15, 0.2) is 28.9 Å². The third-order valence-electron chi connectivity index (χ3n) is 2.88. The number of hydrogen-bond donors (Lipinski definition) is 1. The lowest BCUT2D eigenvalue weighted by Gasteiger charge is -2.29. The van der Waals surface area contributed by atoms with E-state index in [0.29, 0.717) is 4.34 Å². The minimum absolute atomic E-state index is 0.0328. The molecule has 0 fully saturated rings. The number of rotatable bonds is 1. The van der Waals surface area contributed by atoms with Crippen LogP contribution < -0.4 is 10.5 Å². The Kier molecular flexibility index (Phi) is 3.32. The second kappa shape index (κ2) is 4.81. The standard InChI is InChI=1S/C12H10BrClN2OS/c13-6-1-2-7-8(15)4-10(17-9(7)3-6)12-16-5-11(14)18-12/h1-3,5,8,10H,4,15H2/t8-,10?/m1/s1. The molecule has 3 nitrogen and oxygen atoms in total. The summed E-state index contributed by atoms with van der Waals surface area (Å²) < 4.78 is 7.61. The van der Waals surface area contributed by atoms with Gasteiger partial charge in [0, 0.05) is 22.5 Å². The van der Waals surface area contributed by atoms with Crippen LogP contribution in [0.3, 0.4) is 0 Å². The number of thiazole rings is 1. The molecule has 0 aliphatic carbocycles. The smallest absolute Gasteiger partial charge is 0.152 e. The van der Waals surface area contributed by atoms with E-state index in [-0.39, 0.29) is 12.1 Å². The third kappa shape index (κ3) is 2.28. The highest BCUT2D eigenvalue weighted by atomic mass is 79.9.